The molecule has 0 saturated carbocycles. The minimum atomic E-state index is -3.98. The van der Waals surface area contributed by atoms with E-state index in [0.717, 1.165) is 16.7 Å². The lowest BCUT2D eigenvalue weighted by Gasteiger charge is -2.15. The zero-order valence-electron chi connectivity index (χ0n) is 16.9. The van der Waals surface area contributed by atoms with Gasteiger partial charge < -0.3 is 5.32 Å². The zero-order chi connectivity index (χ0) is 21.9. The van der Waals surface area contributed by atoms with Gasteiger partial charge in [0.25, 0.3) is 15.9 Å². The molecule has 0 unspecified atom stereocenters. The Morgan fingerprint density at radius 3 is 2.20 bits per heavy atom. The number of rotatable bonds is 6. The van der Waals surface area contributed by atoms with Gasteiger partial charge in [-0.2, -0.15) is 0 Å². The minimum Gasteiger partial charge on any atom is -0.346 e. The topological polar surface area (TPSA) is 75.3 Å². The summed E-state index contributed by atoms with van der Waals surface area (Å²) in [7, 11) is -3.98. The fourth-order valence-corrected chi connectivity index (χ4v) is 4.77. The predicted molar refractivity (Wildman–Crippen MR) is 120 cm³/mol. The van der Waals surface area contributed by atoms with Crippen LogP contribution in [0.2, 0.25) is 5.02 Å². The maximum absolute atomic E-state index is 12.9. The summed E-state index contributed by atoms with van der Waals surface area (Å²) in [4.78, 5) is 12.5. The van der Waals surface area contributed by atoms with Crippen LogP contribution in [0.4, 0.5) is 5.69 Å². The Bertz CT molecular complexity index is 1160. The zero-order valence-corrected chi connectivity index (χ0v) is 18.5. The Balaban J connectivity index is 1.86. The third-order valence-electron chi connectivity index (χ3n) is 4.60. The minimum absolute atomic E-state index is 0.0412. The molecule has 0 spiro atoms. The van der Waals surface area contributed by atoms with Gasteiger partial charge in [0.05, 0.1) is 11.1 Å². The maximum Gasteiger partial charge on any atom is 0.263 e. The number of carbonyl (C=O) groups excluding carboxylic acids is 1. The molecule has 0 aliphatic rings. The lowest BCUT2D eigenvalue weighted by atomic mass is 10.1. The normalized spacial score (nSPS) is 12.3. The summed E-state index contributed by atoms with van der Waals surface area (Å²) in [5.41, 5.74) is 3.46. The summed E-state index contributed by atoms with van der Waals surface area (Å²) in [5.74, 6) is -0.383. The van der Waals surface area contributed by atoms with Gasteiger partial charge in [0.2, 0.25) is 0 Å². The van der Waals surface area contributed by atoms with Crippen LogP contribution < -0.4 is 10.0 Å². The molecule has 0 aliphatic carbocycles. The van der Waals surface area contributed by atoms with E-state index >= 15 is 0 Å². The van der Waals surface area contributed by atoms with E-state index in [1.54, 1.807) is 12.1 Å². The van der Waals surface area contributed by atoms with E-state index in [9.17, 15) is 13.2 Å². The first kappa shape index (κ1) is 21.9. The third kappa shape index (κ3) is 5.20. The van der Waals surface area contributed by atoms with Crippen LogP contribution in [0.1, 0.15) is 40.0 Å². The number of hydrogen-bond acceptors (Lipinski definition) is 3. The van der Waals surface area contributed by atoms with Crippen molar-refractivity contribution in [2.45, 2.75) is 31.7 Å². The molecular formula is C23H23ClN2O3S. The predicted octanol–water partition coefficient (Wildman–Crippen LogP) is 5.25. The molecule has 5 nitrogen and oxygen atoms in total. The van der Waals surface area contributed by atoms with Crippen LogP contribution in [0, 0.1) is 13.8 Å². The quantitative estimate of drug-likeness (QED) is 0.547. The van der Waals surface area contributed by atoms with E-state index in [1.807, 2.05) is 57.2 Å². The molecule has 0 bridgehead atoms. The fourth-order valence-electron chi connectivity index (χ4n) is 3.20. The number of amides is 1. The molecule has 3 aromatic carbocycles. The highest BCUT2D eigenvalue weighted by atomic mass is 35.5. The van der Waals surface area contributed by atoms with Crippen LogP contribution in [0.5, 0.6) is 0 Å². The van der Waals surface area contributed by atoms with E-state index in [0.29, 0.717) is 5.69 Å². The van der Waals surface area contributed by atoms with Gasteiger partial charge >= 0.3 is 0 Å². The molecule has 1 atom stereocenters. The molecule has 0 radical (unpaired) electrons. The summed E-state index contributed by atoms with van der Waals surface area (Å²) in [6, 6.07) is 18.9. The van der Waals surface area contributed by atoms with E-state index < -0.39 is 10.0 Å². The van der Waals surface area contributed by atoms with Gasteiger partial charge in [-0.25, -0.2) is 8.42 Å². The number of nitrogens with one attached hydrogen (secondary N) is 2. The van der Waals surface area contributed by atoms with Crippen LogP contribution in [0.3, 0.4) is 0 Å². The summed E-state index contributed by atoms with van der Waals surface area (Å²) >= 11 is 6.16. The van der Waals surface area contributed by atoms with Crippen LogP contribution in [-0.2, 0) is 10.0 Å². The molecule has 1 amide bonds. The first-order chi connectivity index (χ1) is 14.2. The fraction of sp³-hybridized carbons (Fsp3) is 0.174. The molecule has 0 heterocycles. The lowest BCUT2D eigenvalue weighted by molar-refractivity contribution is 0.0939. The molecule has 0 saturated heterocycles. The molecule has 3 rings (SSSR count). The summed E-state index contributed by atoms with van der Waals surface area (Å²) < 4.78 is 28.4. The number of aryl methyl sites for hydroxylation is 2. The smallest absolute Gasteiger partial charge is 0.263 e. The number of sulfonamides is 1. The highest BCUT2D eigenvalue weighted by molar-refractivity contribution is 7.92. The van der Waals surface area contributed by atoms with Crippen molar-refractivity contribution in [3.63, 3.8) is 0 Å². The van der Waals surface area contributed by atoms with E-state index in [2.05, 4.69) is 10.0 Å². The Hall–Kier alpha value is -2.83. The van der Waals surface area contributed by atoms with Crippen LogP contribution in [0.25, 0.3) is 0 Å². The number of hydrogen-bond donors (Lipinski definition) is 2. The number of halogens is 1. The van der Waals surface area contributed by atoms with Gasteiger partial charge in [-0.3, -0.25) is 9.52 Å². The van der Waals surface area contributed by atoms with E-state index in [4.69, 9.17) is 11.6 Å². The molecular weight excluding hydrogens is 420 g/mol. The van der Waals surface area contributed by atoms with E-state index in [1.165, 1.54) is 18.2 Å². The molecule has 0 aromatic heterocycles. The average molecular weight is 443 g/mol. The lowest BCUT2D eigenvalue weighted by Crippen LogP contribution is -2.27. The van der Waals surface area contributed by atoms with Gasteiger partial charge in [-0.1, -0.05) is 48.0 Å². The molecule has 3 aromatic rings. The van der Waals surface area contributed by atoms with Gasteiger partial charge in [0.15, 0.2) is 0 Å². The van der Waals surface area contributed by atoms with Crippen molar-refractivity contribution in [3.8, 4) is 0 Å². The Labute approximate surface area is 182 Å². The maximum atomic E-state index is 12.9. The first-order valence-corrected chi connectivity index (χ1v) is 11.3. The third-order valence-corrected chi connectivity index (χ3v) is 6.47. The Morgan fingerprint density at radius 1 is 0.933 bits per heavy atom. The molecule has 0 fully saturated rings. The number of anilines is 1. The summed E-state index contributed by atoms with van der Waals surface area (Å²) in [6.45, 7) is 5.63. The standard InChI is InChI=1S/C23H23ClN2O3S/c1-15-11-16(2)13-20(12-15)26-30(28,29)22-14-19(9-10-21(22)24)23(27)25-17(3)18-7-5-4-6-8-18/h4-14,17,26H,1-3H3,(H,25,27)/t17-/m1/s1. The summed E-state index contributed by atoms with van der Waals surface area (Å²) in [6.07, 6.45) is 0. The van der Waals surface area contributed by atoms with Crippen LogP contribution in [-0.4, -0.2) is 14.3 Å². The number of carbonyl (C=O) groups is 1. The first-order valence-electron chi connectivity index (χ1n) is 9.42. The van der Waals surface area contributed by atoms with Crippen molar-refractivity contribution < 1.29 is 13.2 Å². The van der Waals surface area contributed by atoms with Crippen LogP contribution in [0.15, 0.2) is 71.6 Å². The van der Waals surface area contributed by atoms with Gasteiger partial charge in [-0.05, 0) is 67.8 Å². The molecule has 30 heavy (non-hydrogen) atoms. The largest absolute Gasteiger partial charge is 0.346 e. The van der Waals surface area contributed by atoms with Crippen molar-refractivity contribution in [2.24, 2.45) is 0 Å². The van der Waals surface area contributed by atoms with E-state index in [-0.39, 0.29) is 27.4 Å². The van der Waals surface area contributed by atoms with Crippen molar-refractivity contribution in [2.75, 3.05) is 4.72 Å². The van der Waals surface area contributed by atoms with Gasteiger partial charge in [-0.15, -0.1) is 0 Å². The van der Waals surface area contributed by atoms with Crippen molar-refractivity contribution in [1.82, 2.24) is 5.32 Å². The highest BCUT2D eigenvalue weighted by Gasteiger charge is 2.21. The van der Waals surface area contributed by atoms with Crippen molar-refractivity contribution in [3.05, 3.63) is 94.0 Å². The Kier molecular flexibility index (Phi) is 6.48. The molecule has 2 N–H and O–H groups in total. The SMILES string of the molecule is Cc1cc(C)cc(NS(=O)(=O)c2cc(C(=O)N[C@H](C)c3ccccc3)ccc2Cl)c1. The monoisotopic (exact) mass is 442 g/mol. The second-order valence-electron chi connectivity index (χ2n) is 7.23. The second-order valence-corrected chi connectivity index (χ2v) is 9.29. The van der Waals surface area contributed by atoms with Gasteiger partial charge in [0.1, 0.15) is 4.90 Å². The number of benzene rings is 3. The highest BCUT2D eigenvalue weighted by Crippen LogP contribution is 2.26. The van der Waals surface area contributed by atoms with Crippen LogP contribution >= 0.6 is 11.6 Å². The Morgan fingerprint density at radius 2 is 1.57 bits per heavy atom. The molecule has 7 heteroatoms. The average Bonchev–Trinajstić information content (AvgIpc) is 2.67. The summed E-state index contributed by atoms with van der Waals surface area (Å²) in [5, 5.41) is 2.92. The van der Waals surface area contributed by atoms with Crippen molar-refractivity contribution in [1.29, 1.82) is 0 Å². The molecule has 0 aliphatic heterocycles. The van der Waals surface area contributed by atoms with Crippen molar-refractivity contribution >= 4 is 33.2 Å². The van der Waals surface area contributed by atoms with Gasteiger partial charge in [0, 0.05) is 11.3 Å². The molecule has 156 valence electrons. The second kappa shape index (κ2) is 8.90.